The topological polar surface area (TPSA) is 124 Å². The van der Waals surface area contributed by atoms with Crippen molar-refractivity contribution in [3.8, 4) is 5.75 Å². The molecular formula is C37H53F3N7O4P. The van der Waals surface area contributed by atoms with E-state index < -0.39 is 17.6 Å². The summed E-state index contributed by atoms with van der Waals surface area (Å²) in [6.45, 7) is 9.67. The highest BCUT2D eigenvalue weighted by atomic mass is 31.1. The van der Waals surface area contributed by atoms with Gasteiger partial charge in [-0.15, -0.1) is 0 Å². The quantitative estimate of drug-likeness (QED) is 0.124. The second-order valence-corrected chi connectivity index (χ2v) is 13.8. The molecule has 1 saturated heterocycles. The van der Waals surface area contributed by atoms with Gasteiger partial charge in [-0.3, -0.25) is 4.79 Å². The van der Waals surface area contributed by atoms with E-state index in [9.17, 15) is 18.0 Å². The Morgan fingerprint density at radius 3 is 2.35 bits per heavy atom. The monoisotopic (exact) mass is 747 g/mol. The van der Waals surface area contributed by atoms with Crippen molar-refractivity contribution in [3.05, 3.63) is 64.3 Å². The predicted octanol–water partition coefficient (Wildman–Crippen LogP) is 7.27. The number of hydrogen-bond acceptors (Lipinski definition) is 10. The van der Waals surface area contributed by atoms with E-state index in [1.165, 1.54) is 26.6 Å². The first-order valence-corrected chi connectivity index (χ1v) is 19.0. The van der Waals surface area contributed by atoms with Gasteiger partial charge in [0, 0.05) is 74.2 Å². The van der Waals surface area contributed by atoms with Crippen LogP contribution in [0.4, 0.5) is 36.3 Å². The Morgan fingerprint density at radius 2 is 1.73 bits per heavy atom. The second kappa shape index (κ2) is 20.1. The minimum Gasteiger partial charge on any atom is -0.495 e. The Bertz CT molecular complexity index is 1600. The lowest BCUT2D eigenvalue weighted by Gasteiger charge is -2.25. The Hall–Kier alpha value is -3.55. The van der Waals surface area contributed by atoms with Crippen LogP contribution >= 0.6 is 8.81 Å². The first kappa shape index (κ1) is 41.2. The normalized spacial score (nSPS) is 16.6. The van der Waals surface area contributed by atoms with Crippen molar-refractivity contribution in [2.45, 2.75) is 70.8 Å². The molecule has 4 N–H and O–H groups in total. The zero-order valence-electron chi connectivity index (χ0n) is 30.8. The number of ether oxygens (including phenoxy) is 1. The number of likely N-dealkylation sites (N-methyl/N-ethyl adjacent to an activating group) is 1. The molecule has 6 rings (SSSR count). The van der Waals surface area contributed by atoms with E-state index in [0.717, 1.165) is 61.7 Å². The minimum atomic E-state index is -4.71. The van der Waals surface area contributed by atoms with Crippen LogP contribution in [0, 0.1) is 0 Å². The van der Waals surface area contributed by atoms with Crippen LogP contribution in [0.1, 0.15) is 84.5 Å². The van der Waals surface area contributed by atoms with Gasteiger partial charge in [-0.05, 0) is 74.5 Å². The van der Waals surface area contributed by atoms with Crippen LogP contribution in [-0.2, 0) is 23.4 Å². The molecule has 2 aromatic carbocycles. The predicted molar refractivity (Wildman–Crippen MR) is 201 cm³/mol. The van der Waals surface area contributed by atoms with Crippen molar-refractivity contribution in [1.82, 2.24) is 25.1 Å². The first-order valence-electron chi connectivity index (χ1n) is 17.9. The molecule has 3 aliphatic rings. The highest BCUT2D eigenvalue weighted by Crippen LogP contribution is 2.42. The van der Waals surface area contributed by atoms with E-state index in [2.05, 4.69) is 37.9 Å². The summed E-state index contributed by atoms with van der Waals surface area (Å²) in [5.41, 5.74) is 3.18. The van der Waals surface area contributed by atoms with Crippen LogP contribution in [0.25, 0.3) is 0 Å². The molecule has 1 atom stereocenters. The van der Waals surface area contributed by atoms with Crippen LogP contribution in [0.3, 0.4) is 0 Å². The molecule has 1 saturated carbocycles. The summed E-state index contributed by atoms with van der Waals surface area (Å²) in [5, 5.41) is 16.7. The third-order valence-electron chi connectivity index (χ3n) is 9.07. The van der Waals surface area contributed by atoms with E-state index in [1.807, 2.05) is 25.1 Å². The molecular weight excluding hydrogens is 694 g/mol. The number of benzene rings is 2. The third kappa shape index (κ3) is 11.2. The van der Waals surface area contributed by atoms with Gasteiger partial charge in [0.1, 0.15) is 17.1 Å². The number of aliphatic hydroxyl groups is 1. The second-order valence-electron chi connectivity index (χ2n) is 12.9. The first-order chi connectivity index (χ1) is 25.0. The van der Waals surface area contributed by atoms with Crippen molar-refractivity contribution >= 4 is 37.9 Å². The Labute approximate surface area is 306 Å². The maximum atomic E-state index is 14.1. The number of methoxy groups -OCH3 is 1. The van der Waals surface area contributed by atoms with E-state index >= 15 is 0 Å². The summed E-state index contributed by atoms with van der Waals surface area (Å²) in [4.78, 5) is 25.3. The average molecular weight is 748 g/mol. The number of nitrogens with one attached hydrogen (secondary N) is 3. The van der Waals surface area contributed by atoms with Gasteiger partial charge >= 0.3 is 6.18 Å². The molecule has 15 heteroatoms. The van der Waals surface area contributed by atoms with Crippen LogP contribution in [-0.4, -0.2) is 91.4 Å². The molecule has 286 valence electrons. The number of aromatic nitrogens is 2. The molecule has 2 fully saturated rings. The third-order valence-corrected chi connectivity index (χ3v) is 10.1. The van der Waals surface area contributed by atoms with Gasteiger partial charge in [0.15, 0.2) is 0 Å². The van der Waals surface area contributed by atoms with Crippen molar-refractivity contribution in [3.63, 3.8) is 0 Å². The molecule has 11 nitrogen and oxygen atoms in total. The zero-order valence-corrected chi connectivity index (χ0v) is 31.8. The Morgan fingerprint density at radius 1 is 1.04 bits per heavy atom. The van der Waals surface area contributed by atoms with E-state index in [-0.39, 0.29) is 18.5 Å². The smallest absolute Gasteiger partial charge is 0.421 e. The standard InChI is InChI=1S/C30H35F3N5O3P.C5H12N2.C2H6O/c1-4-41-42-17-18-10-12-23(25(14-18)40-3)36-29-34-15-22(30(31,32)33)27(37-29)35-24-13-11-20(19-8-6-5-7-9-19)21-16-38(2)28(39)26(21)24;1-7-4-2-6-3-5-7;1-2-3/h10-15,19,42H,4-9,16-17H2,1-3H3,(H2,34,35,36,37);6H,2-5H2,1H3;3H,2H2,1H3. The van der Waals surface area contributed by atoms with Crippen LogP contribution in [0.15, 0.2) is 36.5 Å². The highest BCUT2D eigenvalue weighted by molar-refractivity contribution is 7.31. The molecule has 52 heavy (non-hydrogen) atoms. The van der Waals surface area contributed by atoms with Gasteiger partial charge in [-0.2, -0.15) is 18.2 Å². The molecule has 1 unspecified atom stereocenters. The Balaban J connectivity index is 0.000000528. The summed E-state index contributed by atoms with van der Waals surface area (Å²) in [6, 6.07) is 9.16. The largest absolute Gasteiger partial charge is 0.495 e. The maximum Gasteiger partial charge on any atom is 0.421 e. The van der Waals surface area contributed by atoms with E-state index in [4.69, 9.17) is 14.4 Å². The summed E-state index contributed by atoms with van der Waals surface area (Å²) in [5.74, 6) is 0.134. The lowest BCUT2D eigenvalue weighted by molar-refractivity contribution is -0.137. The highest BCUT2D eigenvalue weighted by Gasteiger charge is 2.37. The van der Waals surface area contributed by atoms with Crippen molar-refractivity contribution in [2.24, 2.45) is 0 Å². The van der Waals surface area contributed by atoms with Gasteiger partial charge < -0.3 is 40.1 Å². The van der Waals surface area contributed by atoms with Crippen molar-refractivity contribution in [1.29, 1.82) is 0 Å². The molecule has 3 aromatic rings. The van der Waals surface area contributed by atoms with Crippen molar-refractivity contribution in [2.75, 3.05) is 71.2 Å². The molecule has 0 radical (unpaired) electrons. The molecule has 0 bridgehead atoms. The van der Waals surface area contributed by atoms with Gasteiger partial charge in [-0.25, -0.2) is 4.98 Å². The summed E-state index contributed by atoms with van der Waals surface area (Å²) in [7, 11) is 5.69. The van der Waals surface area contributed by atoms with Crippen molar-refractivity contribution < 1.29 is 32.3 Å². The van der Waals surface area contributed by atoms with Crippen LogP contribution in [0.2, 0.25) is 0 Å². The number of aliphatic hydroxyl groups excluding tert-OH is 1. The molecule has 1 amide bonds. The number of anilines is 4. The average Bonchev–Trinajstić information content (AvgIpc) is 3.43. The Kier molecular flexibility index (Phi) is 15.9. The number of carbonyl (C=O) groups is 1. The number of amides is 1. The molecule has 0 spiro atoms. The van der Waals surface area contributed by atoms with Gasteiger partial charge in [0.2, 0.25) is 5.95 Å². The zero-order chi connectivity index (χ0) is 37.7. The van der Waals surface area contributed by atoms with E-state index in [0.29, 0.717) is 56.7 Å². The number of hydrogen-bond donors (Lipinski definition) is 4. The van der Waals surface area contributed by atoms with Gasteiger partial charge in [0.05, 0.1) is 24.0 Å². The lowest BCUT2D eigenvalue weighted by atomic mass is 9.81. The molecule has 2 aliphatic heterocycles. The number of fused-ring (bicyclic) bond motifs is 1. The fraction of sp³-hybridized carbons (Fsp3) is 0.541. The number of piperazine rings is 1. The summed E-state index contributed by atoms with van der Waals surface area (Å²) in [6.07, 6.45) is 2.31. The maximum absolute atomic E-state index is 14.1. The van der Waals surface area contributed by atoms with E-state index in [1.54, 1.807) is 31.0 Å². The lowest BCUT2D eigenvalue weighted by Crippen LogP contribution is -2.40. The fourth-order valence-electron chi connectivity index (χ4n) is 6.43. The molecule has 1 aromatic heterocycles. The summed E-state index contributed by atoms with van der Waals surface area (Å²) < 4.78 is 53.2. The SMILES string of the molecule is CCO.CCOPCc1ccc(Nc2ncc(C(F)(F)F)c(Nc3ccc(C4CCCCC4)c4c3C(=O)N(C)C4)n2)c(OC)c1.CN1CCNCC1. The molecule has 3 heterocycles. The minimum absolute atomic E-state index is 0.0494. The number of nitrogens with zero attached hydrogens (tertiary/aromatic N) is 4. The van der Waals surface area contributed by atoms with Crippen LogP contribution < -0.4 is 20.7 Å². The molecule has 1 aliphatic carbocycles. The van der Waals surface area contributed by atoms with Crippen LogP contribution in [0.5, 0.6) is 5.75 Å². The van der Waals surface area contributed by atoms with Gasteiger partial charge in [-0.1, -0.05) is 31.4 Å². The number of halogens is 3. The summed E-state index contributed by atoms with van der Waals surface area (Å²) >= 11 is 0. The number of rotatable bonds is 10. The number of alkyl halides is 3. The number of carbonyl (C=O) groups excluding carboxylic acids is 1. The fourth-order valence-corrected chi connectivity index (χ4v) is 7.13. The van der Waals surface area contributed by atoms with Gasteiger partial charge in [0.25, 0.3) is 5.91 Å².